The number of nitrogens with zero attached hydrogens (tertiary/aromatic N) is 7. The summed E-state index contributed by atoms with van der Waals surface area (Å²) in [6, 6.07) is 6.51. The van der Waals surface area contributed by atoms with E-state index < -0.39 is 19.5 Å². The topological polar surface area (TPSA) is 113 Å². The van der Waals surface area contributed by atoms with E-state index in [0.717, 1.165) is 34.8 Å². The summed E-state index contributed by atoms with van der Waals surface area (Å²) in [5.74, 6) is 1.07. The molecule has 224 valence electrons. The van der Waals surface area contributed by atoms with E-state index in [-0.39, 0.29) is 17.9 Å². The maximum Gasteiger partial charge on any atom is 0.183 e. The van der Waals surface area contributed by atoms with Gasteiger partial charge in [-0.15, -0.1) is 0 Å². The molecular formula is C29H38FN7O4Si. The zero-order valence-electron chi connectivity index (χ0n) is 24.5. The third-order valence-corrected chi connectivity index (χ3v) is 9.68. The number of ether oxygens (including phenoxy) is 3. The van der Waals surface area contributed by atoms with Crippen molar-refractivity contribution in [2.45, 2.75) is 69.9 Å². The normalized spacial score (nSPS) is 22.9. The van der Waals surface area contributed by atoms with Crippen molar-refractivity contribution in [3.8, 4) is 11.6 Å². The van der Waals surface area contributed by atoms with Gasteiger partial charge < -0.3 is 24.2 Å². The predicted molar refractivity (Wildman–Crippen MR) is 158 cm³/mol. The van der Waals surface area contributed by atoms with Gasteiger partial charge in [-0.05, 0) is 19.0 Å². The maximum atomic E-state index is 14.2. The Hall–Kier alpha value is -3.39. The first-order chi connectivity index (χ1) is 20.1. The molecule has 2 fully saturated rings. The fraction of sp³-hybridized carbons (Fsp3) is 0.517. The van der Waals surface area contributed by atoms with E-state index in [4.69, 9.17) is 24.3 Å². The summed E-state index contributed by atoms with van der Waals surface area (Å²) in [5, 5.41) is 21.8. The highest BCUT2D eigenvalue weighted by Crippen LogP contribution is 2.46. The third kappa shape index (κ3) is 5.78. The number of fused-ring (bicyclic) bond motifs is 1. The quantitative estimate of drug-likeness (QED) is 0.214. The van der Waals surface area contributed by atoms with Crippen LogP contribution in [0.3, 0.4) is 0 Å². The minimum atomic E-state index is -1.21. The number of aliphatic hydroxyl groups is 1. The minimum absolute atomic E-state index is 0.111. The highest BCUT2D eigenvalue weighted by atomic mass is 28.3. The van der Waals surface area contributed by atoms with E-state index in [9.17, 15) is 9.50 Å². The smallest absolute Gasteiger partial charge is 0.183 e. The Morgan fingerprint density at radius 2 is 2.00 bits per heavy atom. The molecule has 6 rings (SSSR count). The molecule has 1 saturated carbocycles. The van der Waals surface area contributed by atoms with Gasteiger partial charge in [0.25, 0.3) is 0 Å². The number of hydrogen-bond acceptors (Lipinski definition) is 9. The van der Waals surface area contributed by atoms with Gasteiger partial charge in [0, 0.05) is 63.3 Å². The van der Waals surface area contributed by atoms with Crippen molar-refractivity contribution in [2.24, 2.45) is 0 Å². The summed E-state index contributed by atoms with van der Waals surface area (Å²) < 4.78 is 35.2. The zero-order valence-corrected chi connectivity index (χ0v) is 25.5. The largest absolute Gasteiger partial charge is 0.487 e. The van der Waals surface area contributed by atoms with Gasteiger partial charge >= 0.3 is 0 Å². The molecule has 5 heterocycles. The fourth-order valence-corrected chi connectivity index (χ4v) is 6.28. The first kappa shape index (κ1) is 28.7. The average molecular weight is 596 g/mol. The molecule has 11 nitrogen and oxygen atoms in total. The summed E-state index contributed by atoms with van der Waals surface area (Å²) in [5.41, 5.74) is 0.149. The average Bonchev–Trinajstić information content (AvgIpc) is 3.57. The van der Waals surface area contributed by atoms with Gasteiger partial charge in [0.15, 0.2) is 23.0 Å². The van der Waals surface area contributed by atoms with Crippen molar-refractivity contribution in [3.05, 3.63) is 54.4 Å². The van der Waals surface area contributed by atoms with Crippen molar-refractivity contribution in [3.63, 3.8) is 0 Å². The number of hydrogen-bond donors (Lipinski definition) is 1. The Balaban J connectivity index is 1.33. The van der Waals surface area contributed by atoms with E-state index in [1.807, 2.05) is 12.1 Å². The molecular weight excluding hydrogens is 557 g/mol. The molecule has 1 N–H and O–H groups in total. The second-order valence-electron chi connectivity index (χ2n) is 12.5. The molecule has 13 heteroatoms. The van der Waals surface area contributed by atoms with Crippen LogP contribution < -0.4 is 9.64 Å². The first-order valence-electron chi connectivity index (χ1n) is 14.4. The molecule has 0 bridgehead atoms. The number of morpholine rings is 1. The second kappa shape index (κ2) is 11.4. The van der Waals surface area contributed by atoms with Crippen LogP contribution in [-0.2, 0) is 21.8 Å². The van der Waals surface area contributed by atoms with Crippen LogP contribution in [0.2, 0.25) is 25.7 Å². The lowest BCUT2D eigenvalue weighted by Crippen LogP contribution is -2.48. The van der Waals surface area contributed by atoms with Gasteiger partial charge in [0.2, 0.25) is 0 Å². The van der Waals surface area contributed by atoms with E-state index >= 15 is 0 Å². The summed E-state index contributed by atoms with van der Waals surface area (Å²) in [6.45, 7) is 11.9. The van der Waals surface area contributed by atoms with Gasteiger partial charge in [0.05, 0.1) is 43.4 Å². The molecule has 0 amide bonds. The highest BCUT2D eigenvalue weighted by Gasteiger charge is 2.47. The Morgan fingerprint density at radius 3 is 2.76 bits per heavy atom. The van der Waals surface area contributed by atoms with E-state index in [2.05, 4.69) is 41.5 Å². The van der Waals surface area contributed by atoms with Gasteiger partial charge in [-0.2, -0.15) is 14.9 Å². The van der Waals surface area contributed by atoms with Crippen LogP contribution >= 0.6 is 0 Å². The SMILES string of the molecule is C[C@@H]1COCCN1c1cc(C2(O)CC(Oc3ccncc3F)C2)c2cnn(-c3ccnn3COCC[Si](C)(C)C)c2n1. The minimum Gasteiger partial charge on any atom is -0.487 e. The predicted octanol–water partition coefficient (Wildman–Crippen LogP) is 4.12. The summed E-state index contributed by atoms with van der Waals surface area (Å²) in [4.78, 5) is 11.0. The Bertz CT molecular complexity index is 1550. The molecule has 4 aromatic rings. The molecule has 1 aliphatic carbocycles. The van der Waals surface area contributed by atoms with Crippen LogP contribution in [-0.4, -0.2) is 81.2 Å². The second-order valence-corrected chi connectivity index (χ2v) is 18.1. The van der Waals surface area contributed by atoms with Crippen LogP contribution in [0.15, 0.2) is 43.0 Å². The van der Waals surface area contributed by atoms with Crippen molar-refractivity contribution >= 4 is 24.9 Å². The van der Waals surface area contributed by atoms with Crippen molar-refractivity contribution < 1.29 is 23.7 Å². The lowest BCUT2D eigenvalue weighted by molar-refractivity contribution is -0.109. The van der Waals surface area contributed by atoms with E-state index in [0.29, 0.717) is 51.6 Å². The van der Waals surface area contributed by atoms with Gasteiger partial charge in [-0.25, -0.2) is 14.1 Å². The summed E-state index contributed by atoms with van der Waals surface area (Å²) in [6.07, 6.45) is 6.34. The number of pyridine rings is 2. The number of anilines is 1. The zero-order chi connectivity index (χ0) is 29.5. The standard InChI is InChI=1S/C29H38FN7O4Si/c1-20-18-39-10-9-35(20)26-13-23(29(38)14-21(15-29)41-25-5-7-31-17-24(25)30)22-16-33-37(28(22)34-26)27-6-8-32-36(27)19-40-11-12-42(2,3)4/h5-8,13,16-17,20-21,38H,9-12,14-15,18-19H2,1-4H3/t20-,21?,29?/m1/s1. The van der Waals surface area contributed by atoms with Crippen LogP contribution in [0.4, 0.5) is 10.2 Å². The summed E-state index contributed by atoms with van der Waals surface area (Å²) >= 11 is 0. The Morgan fingerprint density at radius 1 is 1.17 bits per heavy atom. The van der Waals surface area contributed by atoms with Crippen LogP contribution in [0.25, 0.3) is 16.9 Å². The molecule has 2 aliphatic rings. The Labute approximate surface area is 245 Å². The van der Waals surface area contributed by atoms with Crippen molar-refractivity contribution in [1.82, 2.24) is 29.5 Å². The molecule has 1 aliphatic heterocycles. The van der Waals surface area contributed by atoms with E-state index in [1.165, 1.54) is 12.3 Å². The molecule has 0 spiro atoms. The van der Waals surface area contributed by atoms with Crippen molar-refractivity contribution in [2.75, 3.05) is 31.3 Å². The van der Waals surface area contributed by atoms with Crippen molar-refractivity contribution in [1.29, 1.82) is 0 Å². The van der Waals surface area contributed by atoms with E-state index in [1.54, 1.807) is 21.8 Å². The lowest BCUT2D eigenvalue weighted by Gasteiger charge is -2.44. The van der Waals surface area contributed by atoms with Crippen LogP contribution in [0, 0.1) is 5.82 Å². The van der Waals surface area contributed by atoms with Gasteiger partial charge in [0.1, 0.15) is 18.7 Å². The third-order valence-electron chi connectivity index (χ3n) is 7.97. The molecule has 0 aromatic carbocycles. The molecule has 0 unspecified atom stereocenters. The monoisotopic (exact) mass is 595 g/mol. The summed E-state index contributed by atoms with van der Waals surface area (Å²) in [7, 11) is -1.21. The molecule has 4 aromatic heterocycles. The number of aromatic nitrogens is 6. The molecule has 1 saturated heterocycles. The molecule has 0 radical (unpaired) electrons. The van der Waals surface area contributed by atoms with Crippen LogP contribution in [0.5, 0.6) is 5.75 Å². The first-order valence-corrected chi connectivity index (χ1v) is 18.1. The highest BCUT2D eigenvalue weighted by molar-refractivity contribution is 6.76. The van der Waals surface area contributed by atoms with Crippen LogP contribution in [0.1, 0.15) is 25.3 Å². The molecule has 42 heavy (non-hydrogen) atoms. The number of rotatable bonds is 10. The maximum absolute atomic E-state index is 14.2. The fourth-order valence-electron chi connectivity index (χ4n) is 5.52. The van der Waals surface area contributed by atoms with Gasteiger partial charge in [-0.3, -0.25) is 4.98 Å². The number of halogens is 1. The Kier molecular flexibility index (Phi) is 7.77. The van der Waals surface area contributed by atoms with Gasteiger partial charge in [-0.1, -0.05) is 19.6 Å². The molecule has 1 atom stereocenters. The lowest BCUT2D eigenvalue weighted by atomic mass is 9.72.